The summed E-state index contributed by atoms with van der Waals surface area (Å²) in [5.74, 6) is -1.52. The monoisotopic (exact) mass is 397 g/mol. The van der Waals surface area contributed by atoms with Crippen LogP contribution in [0.4, 0.5) is 11.4 Å². The minimum atomic E-state index is -1.18. The fourth-order valence-corrected chi connectivity index (χ4v) is 2.33. The van der Waals surface area contributed by atoms with Crippen molar-refractivity contribution in [1.29, 1.82) is 0 Å². The number of anilines is 1. The van der Waals surface area contributed by atoms with Gasteiger partial charge in [0.2, 0.25) is 5.91 Å². The van der Waals surface area contributed by atoms with E-state index in [1.54, 1.807) is 6.92 Å². The van der Waals surface area contributed by atoms with Gasteiger partial charge in [-0.15, -0.1) is 0 Å². The summed E-state index contributed by atoms with van der Waals surface area (Å²) in [6, 6.07) is 2.95. The predicted octanol–water partition coefficient (Wildman–Crippen LogP) is 2.18. The molecule has 0 spiro atoms. The van der Waals surface area contributed by atoms with Crippen LogP contribution in [0.5, 0.6) is 5.75 Å². The highest BCUT2D eigenvalue weighted by Gasteiger charge is 2.23. The first kappa shape index (κ1) is 23.3. The summed E-state index contributed by atoms with van der Waals surface area (Å²) < 4.78 is 10.6. The molecule has 0 aliphatic rings. The zero-order valence-electron chi connectivity index (χ0n) is 16.3. The van der Waals surface area contributed by atoms with Crippen molar-refractivity contribution in [2.24, 2.45) is 0 Å². The molecule has 0 heterocycles. The van der Waals surface area contributed by atoms with Crippen LogP contribution in [-0.2, 0) is 14.3 Å². The zero-order chi connectivity index (χ0) is 21.1. The van der Waals surface area contributed by atoms with E-state index in [1.807, 2.05) is 13.8 Å². The van der Waals surface area contributed by atoms with Crippen LogP contribution in [0.1, 0.15) is 33.6 Å². The summed E-state index contributed by atoms with van der Waals surface area (Å²) >= 11 is 0. The van der Waals surface area contributed by atoms with Crippen LogP contribution in [0.3, 0.4) is 0 Å². The lowest BCUT2D eigenvalue weighted by atomic mass is 10.1. The quantitative estimate of drug-likeness (QED) is 0.261. The first-order chi connectivity index (χ1) is 13.2. The molecule has 10 heteroatoms. The molecule has 1 aromatic carbocycles. The average Bonchev–Trinajstić information content (AvgIpc) is 2.61. The van der Waals surface area contributed by atoms with Crippen molar-refractivity contribution in [2.75, 3.05) is 25.1 Å². The van der Waals surface area contributed by atoms with Gasteiger partial charge in [0.1, 0.15) is 17.5 Å². The van der Waals surface area contributed by atoms with Gasteiger partial charge in [-0.1, -0.05) is 0 Å². The average molecular weight is 397 g/mol. The SMILES string of the molecule is CCOc1ccc(NC(=O)C[C@@H](NCCCOC(C)C)C(=O)O)c([N+](=O)[O-])c1. The van der Waals surface area contributed by atoms with Crippen molar-refractivity contribution in [2.45, 2.75) is 45.8 Å². The number of carboxylic acids is 1. The Morgan fingerprint density at radius 3 is 2.61 bits per heavy atom. The molecule has 0 radical (unpaired) electrons. The minimum absolute atomic E-state index is 0.0204. The van der Waals surface area contributed by atoms with E-state index in [2.05, 4.69) is 10.6 Å². The Hall–Kier alpha value is -2.72. The van der Waals surface area contributed by atoms with Gasteiger partial charge in [-0.05, 0) is 45.9 Å². The number of hydrogen-bond donors (Lipinski definition) is 3. The van der Waals surface area contributed by atoms with E-state index in [1.165, 1.54) is 18.2 Å². The van der Waals surface area contributed by atoms with Gasteiger partial charge in [-0.25, -0.2) is 0 Å². The van der Waals surface area contributed by atoms with E-state index in [9.17, 15) is 24.8 Å². The Labute approximate surface area is 163 Å². The number of hydrogen-bond acceptors (Lipinski definition) is 7. The van der Waals surface area contributed by atoms with E-state index in [0.29, 0.717) is 31.9 Å². The number of nitro groups is 1. The molecule has 1 atom stereocenters. The number of amides is 1. The molecule has 0 saturated carbocycles. The predicted molar refractivity (Wildman–Crippen MR) is 103 cm³/mol. The van der Waals surface area contributed by atoms with Crippen molar-refractivity contribution in [3.63, 3.8) is 0 Å². The van der Waals surface area contributed by atoms with E-state index in [-0.39, 0.29) is 23.9 Å². The summed E-state index contributed by atoms with van der Waals surface area (Å²) in [7, 11) is 0. The van der Waals surface area contributed by atoms with Crippen molar-refractivity contribution in [1.82, 2.24) is 5.32 Å². The van der Waals surface area contributed by atoms with Gasteiger partial charge in [0, 0.05) is 6.61 Å². The standard InChI is InChI=1S/C18H27N3O7/c1-4-27-13-6-7-14(16(10-13)21(25)26)20-17(22)11-15(18(23)24)19-8-5-9-28-12(2)3/h6-7,10,12,15,19H,4-5,8-9,11H2,1-3H3,(H,20,22)(H,23,24)/t15-/m1/s1. The molecular formula is C18H27N3O7. The molecule has 0 saturated heterocycles. The number of benzene rings is 1. The molecule has 0 fully saturated rings. The van der Waals surface area contributed by atoms with Crippen LogP contribution in [0.15, 0.2) is 18.2 Å². The summed E-state index contributed by atoms with van der Waals surface area (Å²) in [5, 5.41) is 25.7. The second-order valence-electron chi connectivity index (χ2n) is 6.24. The molecule has 0 bridgehead atoms. The smallest absolute Gasteiger partial charge is 0.321 e. The number of nitrogens with zero attached hydrogens (tertiary/aromatic N) is 1. The van der Waals surface area contributed by atoms with Crippen LogP contribution in [0, 0.1) is 10.1 Å². The lowest BCUT2D eigenvalue weighted by Gasteiger charge is -2.15. The van der Waals surface area contributed by atoms with Gasteiger partial charge < -0.3 is 25.2 Å². The largest absolute Gasteiger partial charge is 0.494 e. The maximum atomic E-state index is 12.2. The molecule has 1 rings (SSSR count). The third-order valence-corrected chi connectivity index (χ3v) is 3.60. The first-order valence-corrected chi connectivity index (χ1v) is 9.03. The Bertz CT molecular complexity index is 679. The molecule has 10 nitrogen and oxygen atoms in total. The molecule has 0 aromatic heterocycles. The number of ether oxygens (including phenoxy) is 2. The third kappa shape index (κ3) is 8.31. The van der Waals surface area contributed by atoms with E-state index in [0.717, 1.165) is 0 Å². The van der Waals surface area contributed by atoms with Gasteiger partial charge in [0.25, 0.3) is 5.69 Å². The van der Waals surface area contributed by atoms with Crippen molar-refractivity contribution >= 4 is 23.3 Å². The Morgan fingerprint density at radius 1 is 1.32 bits per heavy atom. The fraction of sp³-hybridized carbons (Fsp3) is 0.556. The molecular weight excluding hydrogens is 370 g/mol. The lowest BCUT2D eigenvalue weighted by molar-refractivity contribution is -0.384. The van der Waals surface area contributed by atoms with E-state index >= 15 is 0 Å². The number of rotatable bonds is 13. The molecule has 0 unspecified atom stereocenters. The maximum Gasteiger partial charge on any atom is 0.321 e. The molecule has 1 aromatic rings. The first-order valence-electron chi connectivity index (χ1n) is 9.03. The number of carboxylic acid groups (broad SMARTS) is 1. The molecule has 1 amide bonds. The zero-order valence-corrected chi connectivity index (χ0v) is 16.3. The summed E-state index contributed by atoms with van der Waals surface area (Å²) in [6.07, 6.45) is 0.310. The highest BCUT2D eigenvalue weighted by atomic mass is 16.6. The molecule has 3 N–H and O–H groups in total. The van der Waals surface area contributed by atoms with Gasteiger partial charge in [0.05, 0.1) is 30.1 Å². The minimum Gasteiger partial charge on any atom is -0.494 e. The number of nitro benzene ring substituents is 1. The van der Waals surface area contributed by atoms with Gasteiger partial charge in [-0.2, -0.15) is 0 Å². The summed E-state index contributed by atoms with van der Waals surface area (Å²) in [4.78, 5) is 34.1. The Kier molecular flexibility index (Phi) is 9.89. The second kappa shape index (κ2) is 11.9. The Morgan fingerprint density at radius 2 is 2.04 bits per heavy atom. The normalized spacial score (nSPS) is 11.9. The van der Waals surface area contributed by atoms with Crippen molar-refractivity contribution < 1.29 is 29.1 Å². The van der Waals surface area contributed by atoms with Gasteiger partial charge in [0.15, 0.2) is 0 Å². The lowest BCUT2D eigenvalue weighted by Crippen LogP contribution is -2.40. The van der Waals surface area contributed by atoms with Crippen LogP contribution >= 0.6 is 0 Å². The van der Waals surface area contributed by atoms with Crippen LogP contribution in [0.2, 0.25) is 0 Å². The van der Waals surface area contributed by atoms with Crippen LogP contribution < -0.4 is 15.4 Å². The Balaban J connectivity index is 2.67. The second-order valence-corrected chi connectivity index (χ2v) is 6.24. The van der Waals surface area contributed by atoms with Crippen molar-refractivity contribution in [3.05, 3.63) is 28.3 Å². The molecule has 0 aliphatic heterocycles. The van der Waals surface area contributed by atoms with Crippen LogP contribution in [-0.4, -0.2) is 53.8 Å². The highest BCUT2D eigenvalue weighted by Crippen LogP contribution is 2.29. The molecule has 28 heavy (non-hydrogen) atoms. The van der Waals surface area contributed by atoms with E-state index in [4.69, 9.17) is 9.47 Å². The molecule has 0 aliphatic carbocycles. The molecule has 156 valence electrons. The fourth-order valence-electron chi connectivity index (χ4n) is 2.33. The van der Waals surface area contributed by atoms with E-state index < -0.39 is 22.8 Å². The summed E-state index contributed by atoms with van der Waals surface area (Å²) in [5.41, 5.74) is -0.349. The number of nitrogens with one attached hydrogen (secondary N) is 2. The van der Waals surface area contributed by atoms with Crippen molar-refractivity contribution in [3.8, 4) is 5.75 Å². The summed E-state index contributed by atoms with van der Waals surface area (Å²) in [6.45, 7) is 6.73. The third-order valence-electron chi connectivity index (χ3n) is 3.60. The topological polar surface area (TPSA) is 140 Å². The van der Waals surface area contributed by atoms with Gasteiger partial charge in [-0.3, -0.25) is 19.7 Å². The maximum absolute atomic E-state index is 12.2. The van der Waals surface area contributed by atoms with Gasteiger partial charge >= 0.3 is 5.97 Å². The highest BCUT2D eigenvalue weighted by molar-refractivity contribution is 5.95. The number of carbonyl (C=O) groups excluding carboxylic acids is 1. The number of carbonyl (C=O) groups is 2. The van der Waals surface area contributed by atoms with Crippen LogP contribution in [0.25, 0.3) is 0 Å². The number of aliphatic carboxylic acids is 1.